The van der Waals surface area contributed by atoms with E-state index in [1.807, 2.05) is 49.4 Å². The number of carbonyl (C=O) groups is 2. The first-order valence-corrected chi connectivity index (χ1v) is 14.4. The molecule has 0 aromatic heterocycles. The van der Waals surface area contributed by atoms with Crippen LogP contribution in [-0.2, 0) is 31.4 Å². The van der Waals surface area contributed by atoms with Gasteiger partial charge in [-0.25, -0.2) is 8.42 Å². The van der Waals surface area contributed by atoms with Crippen LogP contribution in [0.2, 0.25) is 0 Å². The van der Waals surface area contributed by atoms with Gasteiger partial charge in [0.05, 0.1) is 11.9 Å². The minimum Gasteiger partial charge on any atom is -0.354 e. The minimum absolute atomic E-state index is 0.0842. The average Bonchev–Trinajstić information content (AvgIpc) is 2.82. The number of anilines is 1. The highest BCUT2D eigenvalue weighted by molar-refractivity contribution is 7.92. The maximum absolute atomic E-state index is 13.5. The number of sulfonamides is 1. The van der Waals surface area contributed by atoms with E-state index in [-0.39, 0.29) is 17.9 Å². The zero-order valence-electron chi connectivity index (χ0n) is 22.5. The fourth-order valence-electron chi connectivity index (χ4n) is 3.85. The van der Waals surface area contributed by atoms with Crippen molar-refractivity contribution in [1.29, 1.82) is 0 Å². The van der Waals surface area contributed by atoms with Gasteiger partial charge in [0, 0.05) is 13.1 Å². The number of nitrogens with zero attached hydrogens (tertiary/aromatic N) is 2. The third-order valence-corrected chi connectivity index (χ3v) is 7.32. The Bertz CT molecular complexity index is 1090. The van der Waals surface area contributed by atoms with Gasteiger partial charge < -0.3 is 10.2 Å². The van der Waals surface area contributed by atoms with Crippen LogP contribution in [-0.4, -0.2) is 57.1 Å². The molecular weight excluding hydrogens is 474 g/mol. The molecule has 1 atom stereocenters. The second-order valence-corrected chi connectivity index (χ2v) is 12.1. The van der Waals surface area contributed by atoms with Crippen LogP contribution >= 0.6 is 0 Å². The Balaban J connectivity index is 2.29. The van der Waals surface area contributed by atoms with E-state index in [1.54, 1.807) is 19.1 Å². The summed E-state index contributed by atoms with van der Waals surface area (Å²) < 4.78 is 26.5. The Hall–Kier alpha value is -2.87. The highest BCUT2D eigenvalue weighted by atomic mass is 32.2. The third kappa shape index (κ3) is 8.66. The first-order valence-electron chi connectivity index (χ1n) is 12.5. The van der Waals surface area contributed by atoms with Gasteiger partial charge >= 0.3 is 0 Å². The summed E-state index contributed by atoms with van der Waals surface area (Å²) in [5.74, 6) is -0.667. The van der Waals surface area contributed by atoms with E-state index in [1.165, 1.54) is 4.90 Å². The van der Waals surface area contributed by atoms with Gasteiger partial charge in [-0.05, 0) is 48.4 Å². The van der Waals surface area contributed by atoms with Crippen LogP contribution in [0.4, 0.5) is 5.69 Å². The van der Waals surface area contributed by atoms with Crippen molar-refractivity contribution in [3.8, 4) is 0 Å². The average molecular weight is 516 g/mol. The van der Waals surface area contributed by atoms with Gasteiger partial charge in [-0.2, -0.15) is 0 Å². The van der Waals surface area contributed by atoms with E-state index in [4.69, 9.17) is 0 Å². The molecule has 0 aliphatic heterocycles. The molecule has 0 fully saturated rings. The van der Waals surface area contributed by atoms with Gasteiger partial charge in [-0.1, -0.05) is 76.6 Å². The number of amides is 2. The predicted molar refractivity (Wildman–Crippen MR) is 147 cm³/mol. The summed E-state index contributed by atoms with van der Waals surface area (Å²) >= 11 is 0. The fraction of sp³-hybridized carbons (Fsp3) is 0.500. The zero-order valence-corrected chi connectivity index (χ0v) is 23.3. The summed E-state index contributed by atoms with van der Waals surface area (Å²) in [6, 6.07) is 16.2. The van der Waals surface area contributed by atoms with Crippen molar-refractivity contribution in [2.45, 2.75) is 65.3 Å². The minimum atomic E-state index is -3.74. The van der Waals surface area contributed by atoms with Gasteiger partial charge in [0.15, 0.2) is 0 Å². The van der Waals surface area contributed by atoms with Gasteiger partial charge in [-0.15, -0.1) is 0 Å². The molecule has 198 valence electrons. The van der Waals surface area contributed by atoms with Gasteiger partial charge in [-0.3, -0.25) is 13.9 Å². The molecule has 0 unspecified atom stereocenters. The maximum atomic E-state index is 13.5. The van der Waals surface area contributed by atoms with Gasteiger partial charge in [0.1, 0.15) is 12.6 Å². The summed E-state index contributed by atoms with van der Waals surface area (Å²) in [6.07, 6.45) is 3.44. The monoisotopic (exact) mass is 515 g/mol. The molecule has 0 heterocycles. The molecule has 7 nitrogen and oxygen atoms in total. The van der Waals surface area contributed by atoms with Crippen LogP contribution in [0.3, 0.4) is 0 Å². The van der Waals surface area contributed by atoms with Crippen molar-refractivity contribution in [2.24, 2.45) is 0 Å². The number of hydrogen-bond donors (Lipinski definition) is 1. The molecule has 0 spiro atoms. The lowest BCUT2D eigenvalue weighted by Gasteiger charge is -2.31. The summed E-state index contributed by atoms with van der Waals surface area (Å²) in [5.41, 5.74) is 2.43. The van der Waals surface area contributed by atoms with Gasteiger partial charge in [0.25, 0.3) is 0 Å². The zero-order chi connectivity index (χ0) is 26.9. The quantitative estimate of drug-likeness (QED) is 0.431. The van der Waals surface area contributed by atoms with Crippen LogP contribution in [0.25, 0.3) is 0 Å². The van der Waals surface area contributed by atoms with Crippen molar-refractivity contribution in [2.75, 3.05) is 30.2 Å². The van der Waals surface area contributed by atoms with Crippen molar-refractivity contribution in [3.63, 3.8) is 0 Å². The number of unbranched alkanes of at least 4 members (excludes halogenated alkanes) is 1. The summed E-state index contributed by atoms with van der Waals surface area (Å²) in [7, 11) is -3.74. The van der Waals surface area contributed by atoms with E-state index in [0.717, 1.165) is 34.5 Å². The second-order valence-electron chi connectivity index (χ2n) is 10.2. The topological polar surface area (TPSA) is 86.8 Å². The molecular formula is C28H41N3O4S. The smallest absolute Gasteiger partial charge is 0.244 e. The molecule has 2 aromatic carbocycles. The van der Waals surface area contributed by atoms with E-state index < -0.39 is 22.0 Å². The molecule has 0 radical (unpaired) electrons. The molecule has 2 rings (SSSR count). The molecule has 8 heteroatoms. The molecule has 0 aliphatic carbocycles. The lowest BCUT2D eigenvalue weighted by Crippen LogP contribution is -2.52. The van der Waals surface area contributed by atoms with Crippen LogP contribution < -0.4 is 9.62 Å². The Morgan fingerprint density at radius 1 is 1.00 bits per heavy atom. The van der Waals surface area contributed by atoms with Crippen molar-refractivity contribution < 1.29 is 18.0 Å². The van der Waals surface area contributed by atoms with E-state index in [0.29, 0.717) is 25.2 Å². The Morgan fingerprint density at radius 3 is 2.14 bits per heavy atom. The van der Waals surface area contributed by atoms with Gasteiger partial charge in [0.2, 0.25) is 21.8 Å². The Kier molecular flexibility index (Phi) is 10.5. The molecule has 2 amide bonds. The summed E-state index contributed by atoms with van der Waals surface area (Å²) in [6.45, 7) is 10.4. The molecule has 0 saturated carbocycles. The number of rotatable bonds is 12. The Morgan fingerprint density at radius 2 is 1.61 bits per heavy atom. The van der Waals surface area contributed by atoms with E-state index >= 15 is 0 Å². The first kappa shape index (κ1) is 29.4. The Labute approximate surface area is 216 Å². The SMILES string of the molecule is CCCCNC(=O)[C@H](C)N(CCc1ccccc1)C(=O)CN(c1ccc(C(C)(C)C)cc1)S(C)(=O)=O. The van der Waals surface area contributed by atoms with Crippen LogP contribution in [0.5, 0.6) is 0 Å². The molecule has 0 bridgehead atoms. The number of hydrogen-bond acceptors (Lipinski definition) is 4. The highest BCUT2D eigenvalue weighted by Gasteiger charge is 2.29. The first-order chi connectivity index (χ1) is 16.8. The summed E-state index contributed by atoms with van der Waals surface area (Å²) in [4.78, 5) is 27.8. The van der Waals surface area contributed by atoms with Crippen molar-refractivity contribution in [1.82, 2.24) is 10.2 Å². The van der Waals surface area contributed by atoms with E-state index in [2.05, 4.69) is 26.1 Å². The van der Waals surface area contributed by atoms with E-state index in [9.17, 15) is 18.0 Å². The normalized spacial score (nSPS) is 12.6. The van der Waals surface area contributed by atoms with Crippen LogP contribution in [0.1, 0.15) is 58.6 Å². The van der Waals surface area contributed by atoms with Crippen molar-refractivity contribution in [3.05, 3.63) is 65.7 Å². The second kappa shape index (κ2) is 12.9. The van der Waals surface area contributed by atoms with Crippen molar-refractivity contribution >= 4 is 27.5 Å². The summed E-state index contributed by atoms with van der Waals surface area (Å²) in [5, 5.41) is 2.89. The number of nitrogens with one attached hydrogen (secondary N) is 1. The molecule has 0 saturated heterocycles. The molecule has 0 aliphatic rings. The van der Waals surface area contributed by atoms with Crippen LogP contribution in [0, 0.1) is 0 Å². The fourth-order valence-corrected chi connectivity index (χ4v) is 4.70. The maximum Gasteiger partial charge on any atom is 0.244 e. The lowest BCUT2D eigenvalue weighted by molar-refractivity contribution is -0.138. The lowest BCUT2D eigenvalue weighted by atomic mass is 9.87. The standard InChI is InChI=1S/C28H41N3O4S/c1-7-8-19-29-27(33)22(2)30(20-18-23-12-10-9-11-13-23)26(32)21-31(36(6,34)35)25-16-14-24(15-17-25)28(3,4)5/h9-17,22H,7-8,18-21H2,1-6H3,(H,29,33)/t22-/m0/s1. The highest BCUT2D eigenvalue weighted by Crippen LogP contribution is 2.26. The molecule has 1 N–H and O–H groups in total. The number of carbonyl (C=O) groups excluding carboxylic acids is 2. The molecule has 36 heavy (non-hydrogen) atoms. The van der Waals surface area contributed by atoms with Crippen LogP contribution in [0.15, 0.2) is 54.6 Å². The largest absolute Gasteiger partial charge is 0.354 e. The third-order valence-electron chi connectivity index (χ3n) is 6.18. The molecule has 2 aromatic rings. The number of benzene rings is 2. The predicted octanol–water partition coefficient (Wildman–Crippen LogP) is 4.13.